The van der Waals surface area contributed by atoms with Gasteiger partial charge >= 0.3 is 24.7 Å². The summed E-state index contributed by atoms with van der Waals surface area (Å²) in [7, 11) is -5.43. The van der Waals surface area contributed by atoms with E-state index in [1.807, 2.05) is 0 Å². The Morgan fingerprint density at radius 3 is 1.20 bits per heavy atom. The predicted octanol–water partition coefficient (Wildman–Crippen LogP) is 5.39. The van der Waals surface area contributed by atoms with E-state index < -0.39 is 79.4 Å². The number of nitrogens with one attached hydrogen (secondary N) is 2. The number of alkyl halides is 12. The Morgan fingerprint density at radius 2 is 0.886 bits per heavy atom. The molecule has 35 heavy (non-hydrogen) atoms. The van der Waals surface area contributed by atoms with Crippen LogP contribution in [0.5, 0.6) is 0 Å². The van der Waals surface area contributed by atoms with Gasteiger partial charge in [-0.3, -0.25) is 10.2 Å². The van der Waals surface area contributed by atoms with Gasteiger partial charge in [-0.05, 0) is 36.4 Å². The zero-order valence-corrected chi connectivity index (χ0v) is 16.9. The first-order valence-electron chi connectivity index (χ1n) is 8.43. The molecule has 0 heterocycles. The lowest BCUT2D eigenvalue weighted by atomic mass is 10.0. The van der Waals surface area contributed by atoms with Crippen molar-refractivity contribution in [1.29, 1.82) is 0 Å². The fraction of sp³-hybridized carbons (Fsp3) is 0.235. The molecule has 2 aromatic rings. The predicted molar refractivity (Wildman–Crippen MR) is 90.7 cm³/mol. The number of hydrogen-bond acceptors (Lipinski definition) is 3. The monoisotopic (exact) mass is 548 g/mol. The maximum atomic E-state index is 12.9. The molecule has 0 aliphatic heterocycles. The maximum Gasteiger partial charge on any atom is 0.416 e. The van der Waals surface area contributed by atoms with E-state index in [4.69, 9.17) is 0 Å². The molecule has 0 fully saturated rings. The van der Waals surface area contributed by atoms with Crippen molar-refractivity contribution in [2.75, 3.05) is 0 Å². The molecule has 0 unspecified atom stereocenters. The van der Waals surface area contributed by atoms with Crippen LogP contribution in [0.15, 0.2) is 41.3 Å². The summed E-state index contributed by atoms with van der Waals surface area (Å²) in [6.07, 6.45) is -21.6. The van der Waals surface area contributed by atoms with Crippen LogP contribution in [0.25, 0.3) is 0 Å². The van der Waals surface area contributed by atoms with Gasteiger partial charge in [0.15, 0.2) is 0 Å². The second kappa shape index (κ2) is 8.89. The van der Waals surface area contributed by atoms with Crippen LogP contribution in [0.4, 0.5) is 52.7 Å². The first-order chi connectivity index (χ1) is 15.5. The van der Waals surface area contributed by atoms with Crippen LogP contribution < -0.4 is 10.3 Å². The van der Waals surface area contributed by atoms with E-state index in [1.54, 1.807) is 0 Å². The number of halogens is 12. The van der Waals surface area contributed by atoms with Crippen LogP contribution >= 0.6 is 0 Å². The van der Waals surface area contributed by atoms with Gasteiger partial charge in [0.1, 0.15) is 0 Å². The van der Waals surface area contributed by atoms with E-state index >= 15 is 0 Å². The van der Waals surface area contributed by atoms with Crippen molar-refractivity contribution < 1.29 is 65.9 Å². The highest BCUT2D eigenvalue weighted by molar-refractivity contribution is 7.89. The molecular weight excluding hydrogens is 540 g/mol. The summed E-state index contributed by atoms with van der Waals surface area (Å²) >= 11 is 0. The van der Waals surface area contributed by atoms with Crippen molar-refractivity contribution in [1.82, 2.24) is 10.3 Å². The molecule has 0 aromatic heterocycles. The van der Waals surface area contributed by atoms with Gasteiger partial charge in [0.25, 0.3) is 15.9 Å². The maximum absolute atomic E-state index is 12.9. The van der Waals surface area contributed by atoms with Gasteiger partial charge in [-0.25, -0.2) is 8.42 Å². The molecule has 0 saturated carbocycles. The molecule has 0 aliphatic rings. The Kier molecular flexibility index (Phi) is 7.16. The SMILES string of the molecule is O=C(NNS(=O)(=O)c1cc(C(F)(F)F)cc(C(F)(F)F)c1)c1cc(C(F)(F)F)cc(C(F)(F)F)c1. The largest absolute Gasteiger partial charge is 0.416 e. The lowest BCUT2D eigenvalue weighted by Crippen LogP contribution is -2.41. The smallest absolute Gasteiger partial charge is 0.273 e. The Balaban J connectivity index is 2.44. The Morgan fingerprint density at radius 1 is 0.571 bits per heavy atom. The number of benzene rings is 2. The van der Waals surface area contributed by atoms with E-state index in [2.05, 4.69) is 0 Å². The average molecular weight is 548 g/mol. The van der Waals surface area contributed by atoms with E-state index in [-0.39, 0.29) is 30.3 Å². The standard InChI is InChI=1S/C17H8F12N2O3S/c18-14(19,20)8-1-7(2-9(3-8)15(21,22)23)13(32)30-31-35(33,34)12-5-10(16(24,25)26)4-11(6-12)17(27,28)29/h1-6,31H,(H,30,32). The number of carbonyl (C=O) groups is 1. The summed E-state index contributed by atoms with van der Waals surface area (Å²) in [6.45, 7) is 0. The van der Waals surface area contributed by atoms with E-state index in [1.165, 1.54) is 0 Å². The summed E-state index contributed by atoms with van der Waals surface area (Å²) < 4.78 is 179. The lowest BCUT2D eigenvalue weighted by Gasteiger charge is -2.16. The van der Waals surface area contributed by atoms with Gasteiger partial charge in [0.05, 0.1) is 27.1 Å². The molecule has 5 nitrogen and oxygen atoms in total. The third-order valence-electron chi connectivity index (χ3n) is 4.02. The van der Waals surface area contributed by atoms with Crippen LogP contribution in [0, 0.1) is 0 Å². The molecule has 0 radical (unpaired) electrons. The van der Waals surface area contributed by atoms with Crippen molar-refractivity contribution in [2.24, 2.45) is 0 Å². The van der Waals surface area contributed by atoms with E-state index in [9.17, 15) is 65.9 Å². The second-order valence-corrected chi connectivity index (χ2v) is 8.28. The summed E-state index contributed by atoms with van der Waals surface area (Å²) in [5.74, 6) is -1.94. The van der Waals surface area contributed by atoms with Gasteiger partial charge in [-0.1, -0.05) is 0 Å². The van der Waals surface area contributed by atoms with Crippen LogP contribution in [-0.2, 0) is 34.7 Å². The van der Waals surface area contributed by atoms with E-state index in [0.717, 1.165) is 10.3 Å². The fourth-order valence-electron chi connectivity index (χ4n) is 2.41. The number of hydrazine groups is 1. The van der Waals surface area contributed by atoms with Gasteiger partial charge in [-0.15, -0.1) is 4.83 Å². The molecule has 2 rings (SSSR count). The molecule has 1 amide bonds. The lowest BCUT2D eigenvalue weighted by molar-refractivity contribution is -0.144. The summed E-state index contributed by atoms with van der Waals surface area (Å²) in [4.78, 5) is 11.4. The third-order valence-corrected chi connectivity index (χ3v) is 5.25. The first-order valence-corrected chi connectivity index (χ1v) is 9.91. The van der Waals surface area contributed by atoms with Crippen LogP contribution in [0.2, 0.25) is 0 Å². The molecule has 0 bridgehead atoms. The first kappa shape index (κ1) is 28.2. The van der Waals surface area contributed by atoms with Crippen LogP contribution in [0.3, 0.4) is 0 Å². The zero-order valence-electron chi connectivity index (χ0n) is 16.1. The molecule has 194 valence electrons. The van der Waals surface area contributed by atoms with E-state index in [0.29, 0.717) is 0 Å². The van der Waals surface area contributed by atoms with Gasteiger partial charge < -0.3 is 0 Å². The van der Waals surface area contributed by atoms with Crippen molar-refractivity contribution >= 4 is 15.9 Å². The number of hydrogen-bond donors (Lipinski definition) is 2. The van der Waals surface area contributed by atoms with Crippen LogP contribution in [0.1, 0.15) is 32.6 Å². The molecule has 0 aliphatic carbocycles. The molecule has 2 aromatic carbocycles. The highest BCUT2D eigenvalue weighted by atomic mass is 32.2. The Bertz CT molecular complexity index is 1160. The topological polar surface area (TPSA) is 75.3 Å². The van der Waals surface area contributed by atoms with Crippen molar-refractivity contribution in [2.45, 2.75) is 29.6 Å². The van der Waals surface area contributed by atoms with Gasteiger partial charge in [0.2, 0.25) is 0 Å². The van der Waals surface area contributed by atoms with Crippen molar-refractivity contribution in [3.05, 3.63) is 64.2 Å². The molecular formula is C17H8F12N2O3S. The highest BCUT2D eigenvalue weighted by Gasteiger charge is 2.39. The summed E-state index contributed by atoms with van der Waals surface area (Å²) in [5.41, 5.74) is -8.24. The molecule has 2 N–H and O–H groups in total. The molecule has 0 saturated heterocycles. The minimum Gasteiger partial charge on any atom is -0.273 e. The molecule has 0 spiro atoms. The van der Waals surface area contributed by atoms with Gasteiger partial charge in [-0.2, -0.15) is 52.7 Å². The quantitative estimate of drug-likeness (QED) is 0.398. The molecule has 18 heteroatoms. The zero-order chi connectivity index (χ0) is 27.2. The Hall–Kier alpha value is -3.02. The number of sulfonamides is 1. The minimum atomic E-state index is -5.44. The third kappa shape index (κ3) is 7.00. The van der Waals surface area contributed by atoms with Crippen molar-refractivity contribution in [3.8, 4) is 0 Å². The fourth-order valence-corrected chi connectivity index (χ4v) is 3.32. The normalized spacial score (nSPS) is 13.6. The average Bonchev–Trinajstić information content (AvgIpc) is 2.68. The number of carbonyl (C=O) groups excluding carboxylic acids is 1. The summed E-state index contributed by atoms with van der Waals surface area (Å²) in [5, 5.41) is 0. The van der Waals surface area contributed by atoms with Crippen molar-refractivity contribution in [3.63, 3.8) is 0 Å². The second-order valence-electron chi connectivity index (χ2n) is 6.60. The van der Waals surface area contributed by atoms with Crippen LogP contribution in [-0.4, -0.2) is 14.3 Å². The number of rotatable bonds is 4. The number of amides is 1. The highest BCUT2D eigenvalue weighted by Crippen LogP contribution is 2.38. The molecule has 0 atom stereocenters. The van der Waals surface area contributed by atoms with Gasteiger partial charge in [0, 0.05) is 5.56 Å². The minimum absolute atomic E-state index is 0.0924. The summed E-state index contributed by atoms with van der Waals surface area (Å²) in [6, 6.07) is -1.41. The Labute approximate surface area is 186 Å².